The Balaban J connectivity index is 1.66. The third-order valence-electron chi connectivity index (χ3n) is 4.62. The minimum absolute atomic E-state index is 0.0116. The summed E-state index contributed by atoms with van der Waals surface area (Å²) in [4.78, 5) is 14.6. The number of carbonyl (C=O) groups is 1. The van der Waals surface area contributed by atoms with Gasteiger partial charge < -0.3 is 4.90 Å². The Morgan fingerprint density at radius 3 is 2.90 bits per heavy atom. The molecule has 0 spiro atoms. The van der Waals surface area contributed by atoms with Gasteiger partial charge in [0.1, 0.15) is 0 Å². The Labute approximate surface area is 124 Å². The second-order valence-corrected chi connectivity index (χ2v) is 6.19. The summed E-state index contributed by atoms with van der Waals surface area (Å²) < 4.78 is 0. The maximum absolute atomic E-state index is 12.8. The summed E-state index contributed by atoms with van der Waals surface area (Å²) in [5.74, 6) is 1.11. The highest BCUT2D eigenvalue weighted by Crippen LogP contribution is 2.39. The second-order valence-electron chi connectivity index (χ2n) is 6.19. The van der Waals surface area contributed by atoms with E-state index in [-0.39, 0.29) is 5.91 Å². The lowest BCUT2D eigenvalue weighted by molar-refractivity contribution is 0.0979. The smallest absolute Gasteiger partial charge is 0.278 e. The number of anilines is 1. The van der Waals surface area contributed by atoms with Crippen LogP contribution in [-0.4, -0.2) is 22.6 Å². The fourth-order valence-corrected chi connectivity index (χ4v) is 3.15. The van der Waals surface area contributed by atoms with Crippen LogP contribution in [0, 0.1) is 0 Å². The molecule has 1 aromatic carbocycles. The van der Waals surface area contributed by atoms with E-state index in [2.05, 4.69) is 23.2 Å². The molecule has 0 saturated heterocycles. The molecule has 2 aromatic rings. The molecule has 0 bridgehead atoms. The SMILES string of the molecule is CC1CCN(C(=O)c2cc(C3CC3)[nH]n2)c2ccccc21. The number of aromatic nitrogens is 2. The first-order valence-corrected chi connectivity index (χ1v) is 7.70. The standard InChI is InChI=1S/C17H19N3O/c1-11-8-9-20(16-5-3-2-4-13(11)16)17(21)15-10-14(18-19-15)12-6-7-12/h2-5,10-12H,6-9H2,1H3,(H,18,19). The Morgan fingerprint density at radius 2 is 2.10 bits per heavy atom. The van der Waals surface area contributed by atoms with Crippen LogP contribution in [0.2, 0.25) is 0 Å². The van der Waals surface area contributed by atoms with Crippen molar-refractivity contribution in [2.24, 2.45) is 0 Å². The molecule has 1 unspecified atom stereocenters. The van der Waals surface area contributed by atoms with E-state index in [0.717, 1.165) is 24.3 Å². The van der Waals surface area contributed by atoms with Crippen molar-refractivity contribution in [1.29, 1.82) is 0 Å². The molecule has 4 rings (SSSR count). The van der Waals surface area contributed by atoms with E-state index in [1.165, 1.54) is 18.4 Å². The van der Waals surface area contributed by atoms with Crippen LogP contribution in [0.3, 0.4) is 0 Å². The zero-order valence-electron chi connectivity index (χ0n) is 12.2. The summed E-state index contributed by atoms with van der Waals surface area (Å²) in [7, 11) is 0. The normalized spacial score (nSPS) is 21.2. The molecule has 1 saturated carbocycles. The van der Waals surface area contributed by atoms with Crippen LogP contribution in [0.15, 0.2) is 30.3 Å². The summed E-state index contributed by atoms with van der Waals surface area (Å²) in [6, 6.07) is 10.1. The van der Waals surface area contributed by atoms with Crippen LogP contribution in [0.4, 0.5) is 5.69 Å². The Morgan fingerprint density at radius 1 is 1.29 bits per heavy atom. The predicted octanol–water partition coefficient (Wildman–Crippen LogP) is 3.44. The Kier molecular flexibility index (Phi) is 2.84. The minimum Gasteiger partial charge on any atom is -0.307 e. The van der Waals surface area contributed by atoms with Crippen molar-refractivity contribution < 1.29 is 4.79 Å². The molecule has 1 N–H and O–H groups in total. The number of rotatable bonds is 2. The van der Waals surface area contributed by atoms with E-state index in [1.807, 2.05) is 29.2 Å². The highest BCUT2D eigenvalue weighted by atomic mass is 16.2. The molecule has 1 atom stereocenters. The van der Waals surface area contributed by atoms with E-state index in [4.69, 9.17) is 0 Å². The third kappa shape index (κ3) is 2.15. The Bertz CT molecular complexity index is 687. The average molecular weight is 281 g/mol. The number of hydrogen-bond acceptors (Lipinski definition) is 2. The summed E-state index contributed by atoms with van der Waals surface area (Å²) in [6.45, 7) is 2.99. The van der Waals surface area contributed by atoms with Gasteiger partial charge in [0.25, 0.3) is 5.91 Å². The van der Waals surface area contributed by atoms with Crippen LogP contribution in [0.1, 0.15) is 59.8 Å². The quantitative estimate of drug-likeness (QED) is 0.916. The Hall–Kier alpha value is -2.10. The van der Waals surface area contributed by atoms with Crippen LogP contribution in [-0.2, 0) is 0 Å². The van der Waals surface area contributed by atoms with Gasteiger partial charge in [0.15, 0.2) is 5.69 Å². The molecule has 0 radical (unpaired) electrons. The van der Waals surface area contributed by atoms with E-state index in [0.29, 0.717) is 17.5 Å². The van der Waals surface area contributed by atoms with Gasteiger partial charge >= 0.3 is 0 Å². The molecule has 4 heteroatoms. The highest BCUT2D eigenvalue weighted by Gasteiger charge is 2.30. The van der Waals surface area contributed by atoms with Gasteiger partial charge in [-0.1, -0.05) is 25.1 Å². The van der Waals surface area contributed by atoms with E-state index >= 15 is 0 Å². The number of amides is 1. The number of hydrogen-bond donors (Lipinski definition) is 1. The van der Waals surface area contributed by atoms with Crippen LogP contribution in [0.25, 0.3) is 0 Å². The van der Waals surface area contributed by atoms with Crippen LogP contribution in [0.5, 0.6) is 0 Å². The van der Waals surface area contributed by atoms with Gasteiger partial charge in [0.2, 0.25) is 0 Å². The molecule has 1 aliphatic heterocycles. The molecular weight excluding hydrogens is 262 g/mol. The lowest BCUT2D eigenvalue weighted by Gasteiger charge is -2.32. The monoisotopic (exact) mass is 281 g/mol. The maximum atomic E-state index is 12.8. The number of para-hydroxylation sites is 1. The summed E-state index contributed by atoms with van der Waals surface area (Å²) >= 11 is 0. The first kappa shape index (κ1) is 12.6. The van der Waals surface area contributed by atoms with Crippen molar-refractivity contribution in [1.82, 2.24) is 10.2 Å². The van der Waals surface area contributed by atoms with Crippen LogP contribution >= 0.6 is 0 Å². The second kappa shape index (κ2) is 4.72. The molecule has 1 aliphatic carbocycles. The topological polar surface area (TPSA) is 49.0 Å². The molecule has 1 fully saturated rings. The molecule has 4 nitrogen and oxygen atoms in total. The highest BCUT2D eigenvalue weighted by molar-refractivity contribution is 6.05. The number of nitrogens with zero attached hydrogens (tertiary/aromatic N) is 2. The van der Waals surface area contributed by atoms with E-state index < -0.39 is 0 Å². The first-order valence-electron chi connectivity index (χ1n) is 7.70. The third-order valence-corrected chi connectivity index (χ3v) is 4.62. The van der Waals surface area contributed by atoms with E-state index in [9.17, 15) is 4.79 Å². The molecule has 2 aliphatic rings. The van der Waals surface area contributed by atoms with Gasteiger partial charge in [-0.3, -0.25) is 9.89 Å². The van der Waals surface area contributed by atoms with Gasteiger partial charge in [0, 0.05) is 23.8 Å². The maximum Gasteiger partial charge on any atom is 0.278 e. The largest absolute Gasteiger partial charge is 0.307 e. The van der Waals surface area contributed by atoms with Gasteiger partial charge in [-0.2, -0.15) is 5.10 Å². The fourth-order valence-electron chi connectivity index (χ4n) is 3.15. The number of carbonyl (C=O) groups excluding carboxylic acids is 1. The summed E-state index contributed by atoms with van der Waals surface area (Å²) in [6.07, 6.45) is 3.42. The van der Waals surface area contributed by atoms with Gasteiger partial charge in [0.05, 0.1) is 0 Å². The number of benzene rings is 1. The van der Waals surface area contributed by atoms with E-state index in [1.54, 1.807) is 0 Å². The first-order chi connectivity index (χ1) is 10.2. The zero-order chi connectivity index (χ0) is 14.4. The van der Waals surface area contributed by atoms with Crippen LogP contribution < -0.4 is 4.90 Å². The van der Waals surface area contributed by atoms with Crippen molar-refractivity contribution >= 4 is 11.6 Å². The lowest BCUT2D eigenvalue weighted by atomic mass is 9.91. The van der Waals surface area contributed by atoms with Crippen molar-refractivity contribution in [2.45, 2.75) is 38.0 Å². The van der Waals surface area contributed by atoms with Crippen molar-refractivity contribution in [3.63, 3.8) is 0 Å². The number of nitrogens with one attached hydrogen (secondary N) is 1. The summed E-state index contributed by atoms with van der Waals surface area (Å²) in [5.41, 5.74) is 3.95. The van der Waals surface area contributed by atoms with Crippen molar-refractivity contribution in [2.75, 3.05) is 11.4 Å². The number of aromatic amines is 1. The average Bonchev–Trinajstić information content (AvgIpc) is 3.25. The fraction of sp³-hybridized carbons (Fsp3) is 0.412. The molecule has 1 aromatic heterocycles. The molecule has 1 amide bonds. The molecule has 108 valence electrons. The van der Waals surface area contributed by atoms with Gasteiger partial charge in [-0.05, 0) is 42.9 Å². The number of H-pyrrole nitrogens is 1. The molecular formula is C17H19N3O. The minimum atomic E-state index is 0.0116. The van der Waals surface area contributed by atoms with Crippen molar-refractivity contribution in [3.05, 3.63) is 47.3 Å². The summed E-state index contributed by atoms with van der Waals surface area (Å²) in [5, 5.41) is 7.25. The predicted molar refractivity (Wildman–Crippen MR) is 81.7 cm³/mol. The van der Waals surface area contributed by atoms with Gasteiger partial charge in [-0.15, -0.1) is 0 Å². The van der Waals surface area contributed by atoms with Crippen molar-refractivity contribution in [3.8, 4) is 0 Å². The lowest BCUT2D eigenvalue weighted by Crippen LogP contribution is -2.36. The molecule has 21 heavy (non-hydrogen) atoms. The number of fused-ring (bicyclic) bond motifs is 1. The van der Waals surface area contributed by atoms with Gasteiger partial charge in [-0.25, -0.2) is 0 Å². The molecule has 2 heterocycles. The zero-order valence-corrected chi connectivity index (χ0v) is 12.2.